The molecular formula is C16H15ClN4O3. The van der Waals surface area contributed by atoms with E-state index in [-0.39, 0.29) is 11.6 Å². The molecule has 0 radical (unpaired) electrons. The fourth-order valence-electron chi connectivity index (χ4n) is 2.54. The van der Waals surface area contributed by atoms with Crippen LogP contribution in [0.5, 0.6) is 0 Å². The molecule has 1 N–H and O–H groups in total. The maximum absolute atomic E-state index is 12.5. The summed E-state index contributed by atoms with van der Waals surface area (Å²) >= 11 is 5.93. The summed E-state index contributed by atoms with van der Waals surface area (Å²) in [6, 6.07) is 6.89. The summed E-state index contributed by atoms with van der Waals surface area (Å²) < 4.78 is 0. The van der Waals surface area contributed by atoms with E-state index in [1.807, 2.05) is 4.90 Å². The Kier molecular flexibility index (Phi) is 4.61. The van der Waals surface area contributed by atoms with E-state index < -0.39 is 5.97 Å². The van der Waals surface area contributed by atoms with Gasteiger partial charge in [0.25, 0.3) is 5.91 Å². The van der Waals surface area contributed by atoms with E-state index in [9.17, 15) is 9.59 Å². The van der Waals surface area contributed by atoms with Crippen molar-refractivity contribution in [1.29, 1.82) is 0 Å². The van der Waals surface area contributed by atoms with Gasteiger partial charge in [-0.25, -0.2) is 14.8 Å². The lowest BCUT2D eigenvalue weighted by Crippen LogP contribution is -2.49. The van der Waals surface area contributed by atoms with Crippen LogP contribution in [0.2, 0.25) is 5.02 Å². The number of hydrogen-bond donors (Lipinski definition) is 1. The number of anilines is 1. The predicted molar refractivity (Wildman–Crippen MR) is 88.6 cm³/mol. The Labute approximate surface area is 143 Å². The van der Waals surface area contributed by atoms with E-state index in [0.29, 0.717) is 42.6 Å². The number of carbonyl (C=O) groups excluding carboxylic acids is 1. The van der Waals surface area contributed by atoms with Gasteiger partial charge in [0.15, 0.2) is 5.69 Å². The molecule has 1 fully saturated rings. The first-order valence-electron chi connectivity index (χ1n) is 7.40. The maximum atomic E-state index is 12.5. The van der Waals surface area contributed by atoms with Crippen molar-refractivity contribution in [2.24, 2.45) is 0 Å². The van der Waals surface area contributed by atoms with Crippen LogP contribution in [0.3, 0.4) is 0 Å². The number of nitrogens with zero attached hydrogens (tertiary/aromatic N) is 4. The Morgan fingerprint density at radius 1 is 1.08 bits per heavy atom. The van der Waals surface area contributed by atoms with Crippen LogP contribution < -0.4 is 4.90 Å². The van der Waals surface area contributed by atoms with Crippen molar-refractivity contribution < 1.29 is 14.7 Å². The second-order valence-electron chi connectivity index (χ2n) is 5.35. The van der Waals surface area contributed by atoms with Gasteiger partial charge in [-0.3, -0.25) is 4.79 Å². The Morgan fingerprint density at radius 2 is 1.83 bits per heavy atom. The highest BCUT2D eigenvalue weighted by Gasteiger charge is 2.23. The van der Waals surface area contributed by atoms with Crippen molar-refractivity contribution in [3.8, 4) is 0 Å². The number of rotatable bonds is 3. The monoisotopic (exact) mass is 346 g/mol. The number of aromatic carboxylic acids is 1. The highest BCUT2D eigenvalue weighted by Crippen LogP contribution is 2.16. The summed E-state index contributed by atoms with van der Waals surface area (Å²) in [4.78, 5) is 35.0. The number of amides is 1. The zero-order valence-corrected chi connectivity index (χ0v) is 13.5. The van der Waals surface area contributed by atoms with Crippen molar-refractivity contribution >= 4 is 29.3 Å². The molecule has 124 valence electrons. The number of aromatic nitrogens is 2. The highest BCUT2D eigenvalue weighted by molar-refractivity contribution is 6.30. The maximum Gasteiger partial charge on any atom is 0.356 e. The molecule has 24 heavy (non-hydrogen) atoms. The molecule has 0 unspecified atom stereocenters. The zero-order chi connectivity index (χ0) is 17.1. The van der Waals surface area contributed by atoms with E-state index >= 15 is 0 Å². The van der Waals surface area contributed by atoms with Crippen molar-refractivity contribution in [2.75, 3.05) is 31.1 Å². The normalized spacial score (nSPS) is 14.5. The second kappa shape index (κ2) is 6.84. The van der Waals surface area contributed by atoms with Gasteiger partial charge in [-0.05, 0) is 18.2 Å². The van der Waals surface area contributed by atoms with Gasteiger partial charge in [-0.15, -0.1) is 0 Å². The van der Waals surface area contributed by atoms with Crippen molar-refractivity contribution in [3.05, 3.63) is 52.9 Å². The molecular weight excluding hydrogens is 332 g/mol. The SMILES string of the molecule is O=C(O)c1cnc(N2CCN(C(=O)c3cccc(Cl)c3)CC2)cn1. The van der Waals surface area contributed by atoms with Crippen LogP contribution in [-0.2, 0) is 0 Å². The Balaban J connectivity index is 1.63. The van der Waals surface area contributed by atoms with E-state index in [2.05, 4.69) is 9.97 Å². The number of benzene rings is 1. The third-order valence-corrected chi connectivity index (χ3v) is 4.05. The number of carboxylic acids is 1. The fourth-order valence-corrected chi connectivity index (χ4v) is 2.73. The van der Waals surface area contributed by atoms with Crippen LogP contribution in [0.1, 0.15) is 20.8 Å². The summed E-state index contributed by atoms with van der Waals surface area (Å²) in [7, 11) is 0. The molecule has 0 atom stereocenters. The predicted octanol–water partition coefficient (Wildman–Crippen LogP) is 1.79. The lowest BCUT2D eigenvalue weighted by molar-refractivity contribution is 0.0688. The molecule has 1 aliphatic rings. The van der Waals surface area contributed by atoms with Crippen LogP contribution in [-0.4, -0.2) is 58.0 Å². The molecule has 0 spiro atoms. The van der Waals surface area contributed by atoms with Crippen molar-refractivity contribution in [1.82, 2.24) is 14.9 Å². The van der Waals surface area contributed by atoms with E-state index in [1.165, 1.54) is 12.4 Å². The zero-order valence-electron chi connectivity index (χ0n) is 12.7. The molecule has 1 amide bonds. The first kappa shape index (κ1) is 16.2. The topological polar surface area (TPSA) is 86.6 Å². The van der Waals surface area contributed by atoms with Crippen LogP contribution in [0.15, 0.2) is 36.7 Å². The third kappa shape index (κ3) is 3.46. The van der Waals surface area contributed by atoms with Crippen LogP contribution in [0, 0.1) is 0 Å². The summed E-state index contributed by atoms with van der Waals surface area (Å²) in [5.74, 6) is -0.551. The molecule has 1 aliphatic heterocycles. The minimum absolute atomic E-state index is 0.0514. The number of halogens is 1. The van der Waals surface area contributed by atoms with Gasteiger partial charge in [0.2, 0.25) is 0 Å². The summed E-state index contributed by atoms with van der Waals surface area (Å²) in [6.07, 6.45) is 2.68. The average Bonchev–Trinajstić information content (AvgIpc) is 2.61. The molecule has 0 aliphatic carbocycles. The molecule has 7 nitrogen and oxygen atoms in total. The highest BCUT2D eigenvalue weighted by atomic mass is 35.5. The van der Waals surface area contributed by atoms with E-state index in [1.54, 1.807) is 29.2 Å². The molecule has 1 aromatic heterocycles. The molecule has 0 bridgehead atoms. The molecule has 1 aromatic carbocycles. The summed E-state index contributed by atoms with van der Waals surface area (Å²) in [5, 5.41) is 9.38. The van der Waals surface area contributed by atoms with E-state index in [4.69, 9.17) is 16.7 Å². The Bertz CT molecular complexity index is 758. The first-order valence-corrected chi connectivity index (χ1v) is 7.77. The van der Waals surface area contributed by atoms with Gasteiger partial charge in [0, 0.05) is 36.8 Å². The fraction of sp³-hybridized carbons (Fsp3) is 0.250. The number of carbonyl (C=O) groups is 2. The van der Waals surface area contributed by atoms with Crippen LogP contribution in [0.4, 0.5) is 5.82 Å². The van der Waals surface area contributed by atoms with Gasteiger partial charge in [0.1, 0.15) is 5.82 Å². The molecule has 2 aromatic rings. The van der Waals surface area contributed by atoms with Gasteiger partial charge in [-0.2, -0.15) is 0 Å². The Morgan fingerprint density at radius 3 is 2.42 bits per heavy atom. The second-order valence-corrected chi connectivity index (χ2v) is 5.79. The first-order chi connectivity index (χ1) is 11.5. The smallest absolute Gasteiger partial charge is 0.356 e. The number of carboxylic acid groups (broad SMARTS) is 1. The molecule has 1 saturated heterocycles. The van der Waals surface area contributed by atoms with E-state index in [0.717, 1.165) is 0 Å². The van der Waals surface area contributed by atoms with Gasteiger partial charge >= 0.3 is 5.97 Å². The molecule has 0 saturated carbocycles. The third-order valence-electron chi connectivity index (χ3n) is 3.82. The molecule has 8 heteroatoms. The largest absolute Gasteiger partial charge is 0.476 e. The quantitative estimate of drug-likeness (QED) is 0.911. The minimum Gasteiger partial charge on any atom is -0.476 e. The molecule has 2 heterocycles. The van der Waals surface area contributed by atoms with Crippen molar-refractivity contribution in [3.63, 3.8) is 0 Å². The molecule has 3 rings (SSSR count). The van der Waals surface area contributed by atoms with Crippen molar-refractivity contribution in [2.45, 2.75) is 0 Å². The van der Waals surface area contributed by atoms with Gasteiger partial charge < -0.3 is 14.9 Å². The summed E-state index contributed by atoms with van der Waals surface area (Å²) in [5.41, 5.74) is 0.482. The van der Waals surface area contributed by atoms with Gasteiger partial charge in [0.05, 0.1) is 12.4 Å². The number of piperazine rings is 1. The Hall–Kier alpha value is -2.67. The van der Waals surface area contributed by atoms with Gasteiger partial charge in [-0.1, -0.05) is 17.7 Å². The standard InChI is InChI=1S/C16H15ClN4O3/c17-12-3-1-2-11(8-12)15(22)21-6-4-20(5-7-21)14-10-18-13(9-19-14)16(23)24/h1-3,8-10H,4-7H2,(H,23,24). The summed E-state index contributed by atoms with van der Waals surface area (Å²) in [6.45, 7) is 2.31. The van der Waals surface area contributed by atoms with Crippen LogP contribution >= 0.6 is 11.6 Å². The van der Waals surface area contributed by atoms with Crippen LogP contribution in [0.25, 0.3) is 0 Å². The average molecular weight is 347 g/mol. The minimum atomic E-state index is -1.11. The lowest BCUT2D eigenvalue weighted by Gasteiger charge is -2.35. The number of hydrogen-bond acceptors (Lipinski definition) is 5. The lowest BCUT2D eigenvalue weighted by atomic mass is 10.2.